The first-order chi connectivity index (χ1) is 18.3. The van der Waals surface area contributed by atoms with Gasteiger partial charge in [0, 0.05) is 23.2 Å². The quantitative estimate of drug-likeness (QED) is 0.310. The summed E-state index contributed by atoms with van der Waals surface area (Å²) in [5, 5.41) is 12.3. The number of alkyl halides is 3. The Morgan fingerprint density at radius 2 is 1.71 bits per heavy atom. The third kappa shape index (κ3) is 5.83. The SMILES string of the molecule is C[C@H](Nc1nccc(-c2cc(C3CCN(C)CC3)nnc2-c2cccc(C(F)(F)F)c2)n1)c1ccccc1. The van der Waals surface area contributed by atoms with Crippen molar-refractivity contribution in [3.05, 3.63) is 89.7 Å². The molecule has 2 aromatic carbocycles. The molecule has 1 aliphatic heterocycles. The fourth-order valence-electron chi connectivity index (χ4n) is 4.76. The molecule has 9 heteroatoms. The fourth-order valence-corrected chi connectivity index (χ4v) is 4.76. The van der Waals surface area contributed by atoms with Gasteiger partial charge in [-0.05, 0) is 69.7 Å². The zero-order chi connectivity index (χ0) is 26.7. The molecule has 6 nitrogen and oxygen atoms in total. The molecule has 0 bridgehead atoms. The van der Waals surface area contributed by atoms with Gasteiger partial charge in [0.2, 0.25) is 5.95 Å². The van der Waals surface area contributed by atoms with E-state index in [1.54, 1.807) is 18.3 Å². The highest BCUT2D eigenvalue weighted by Crippen LogP contribution is 2.36. The number of piperidine rings is 1. The number of hydrogen-bond acceptors (Lipinski definition) is 6. The maximum atomic E-state index is 13.5. The summed E-state index contributed by atoms with van der Waals surface area (Å²) in [5.74, 6) is 0.650. The minimum Gasteiger partial charge on any atom is -0.348 e. The maximum Gasteiger partial charge on any atom is 0.416 e. The largest absolute Gasteiger partial charge is 0.416 e. The van der Waals surface area contributed by atoms with Crippen LogP contribution in [-0.2, 0) is 6.18 Å². The van der Waals surface area contributed by atoms with Crippen LogP contribution in [0.1, 0.15) is 48.5 Å². The van der Waals surface area contributed by atoms with Crippen LogP contribution in [-0.4, -0.2) is 45.2 Å². The van der Waals surface area contributed by atoms with Gasteiger partial charge in [-0.15, -0.1) is 5.10 Å². The van der Waals surface area contributed by atoms with E-state index in [1.165, 1.54) is 6.07 Å². The molecule has 1 N–H and O–H groups in total. The number of nitrogens with zero attached hydrogens (tertiary/aromatic N) is 5. The summed E-state index contributed by atoms with van der Waals surface area (Å²) in [6.07, 6.45) is -0.928. The second kappa shape index (κ2) is 10.9. The van der Waals surface area contributed by atoms with Crippen LogP contribution in [0.25, 0.3) is 22.5 Å². The molecule has 0 aliphatic carbocycles. The molecular weight excluding hydrogens is 489 g/mol. The number of benzene rings is 2. The lowest BCUT2D eigenvalue weighted by Gasteiger charge is -2.28. The Hall–Kier alpha value is -3.85. The van der Waals surface area contributed by atoms with Gasteiger partial charge in [0.1, 0.15) is 5.69 Å². The van der Waals surface area contributed by atoms with Crippen molar-refractivity contribution in [1.82, 2.24) is 25.1 Å². The predicted octanol–water partition coefficient (Wildman–Crippen LogP) is 6.60. The summed E-state index contributed by atoms with van der Waals surface area (Å²) in [7, 11) is 2.09. The molecule has 5 rings (SSSR count). The van der Waals surface area contributed by atoms with Crippen molar-refractivity contribution in [2.75, 3.05) is 25.5 Å². The molecule has 3 heterocycles. The van der Waals surface area contributed by atoms with Crippen LogP contribution in [0.3, 0.4) is 0 Å². The van der Waals surface area contributed by atoms with Gasteiger partial charge in [-0.1, -0.05) is 42.5 Å². The number of hydrogen-bond donors (Lipinski definition) is 1. The molecule has 1 saturated heterocycles. The maximum absolute atomic E-state index is 13.5. The number of likely N-dealkylation sites (tertiary alicyclic amines) is 1. The summed E-state index contributed by atoms with van der Waals surface area (Å²) in [6, 6.07) is 18.8. The molecule has 0 radical (unpaired) electrons. The zero-order valence-corrected chi connectivity index (χ0v) is 21.3. The minimum atomic E-state index is -4.46. The third-order valence-electron chi connectivity index (χ3n) is 6.99. The van der Waals surface area contributed by atoms with Gasteiger partial charge in [0.25, 0.3) is 0 Å². The molecule has 0 unspecified atom stereocenters. The topological polar surface area (TPSA) is 66.8 Å². The minimum absolute atomic E-state index is 0.0419. The van der Waals surface area contributed by atoms with Crippen molar-refractivity contribution < 1.29 is 13.2 Å². The Balaban J connectivity index is 1.55. The normalized spacial score (nSPS) is 15.8. The van der Waals surface area contributed by atoms with Crippen LogP contribution in [0, 0.1) is 0 Å². The Labute approximate surface area is 220 Å². The Morgan fingerprint density at radius 1 is 0.947 bits per heavy atom. The van der Waals surface area contributed by atoms with Crippen molar-refractivity contribution in [3.63, 3.8) is 0 Å². The number of nitrogens with one attached hydrogen (secondary N) is 1. The predicted molar refractivity (Wildman–Crippen MR) is 141 cm³/mol. The van der Waals surface area contributed by atoms with E-state index in [0.717, 1.165) is 49.3 Å². The molecule has 0 saturated carbocycles. The lowest BCUT2D eigenvalue weighted by atomic mass is 9.91. The summed E-state index contributed by atoms with van der Waals surface area (Å²) < 4.78 is 40.5. The highest BCUT2D eigenvalue weighted by molar-refractivity contribution is 5.79. The molecule has 0 spiro atoms. The van der Waals surface area contributed by atoms with Gasteiger partial charge in [0.15, 0.2) is 0 Å². The van der Waals surface area contributed by atoms with Crippen LogP contribution < -0.4 is 5.32 Å². The van der Waals surface area contributed by atoms with Gasteiger partial charge in [-0.2, -0.15) is 18.3 Å². The van der Waals surface area contributed by atoms with E-state index in [2.05, 4.69) is 32.4 Å². The standard InChI is InChI=1S/C29H29F3N6/c1-19(20-7-4-3-5-8-20)34-28-33-14-11-25(35-28)24-18-26(21-12-15-38(2)16-13-21)36-37-27(24)22-9-6-10-23(17-22)29(30,31)32/h3-11,14,17-19,21H,12-13,15-16H2,1-2H3,(H,33,34,35)/t19-/m0/s1. The smallest absolute Gasteiger partial charge is 0.348 e. The fraction of sp³-hybridized carbons (Fsp3) is 0.310. The first-order valence-electron chi connectivity index (χ1n) is 12.7. The van der Waals surface area contributed by atoms with Gasteiger partial charge in [-0.3, -0.25) is 0 Å². The summed E-state index contributed by atoms with van der Waals surface area (Å²) in [6.45, 7) is 3.93. The van der Waals surface area contributed by atoms with Crippen molar-refractivity contribution in [3.8, 4) is 22.5 Å². The molecule has 38 heavy (non-hydrogen) atoms. The molecule has 2 aromatic heterocycles. The van der Waals surface area contributed by atoms with E-state index in [-0.39, 0.29) is 12.0 Å². The van der Waals surface area contributed by atoms with Gasteiger partial charge in [0.05, 0.1) is 23.0 Å². The summed E-state index contributed by atoms with van der Waals surface area (Å²) in [5.41, 5.74) is 3.07. The lowest BCUT2D eigenvalue weighted by molar-refractivity contribution is -0.137. The van der Waals surface area contributed by atoms with Crippen molar-refractivity contribution >= 4 is 5.95 Å². The molecule has 1 aliphatic rings. The molecule has 4 aromatic rings. The van der Waals surface area contributed by atoms with E-state index in [1.807, 2.05) is 43.3 Å². The molecule has 0 amide bonds. The first kappa shape index (κ1) is 25.8. The molecule has 196 valence electrons. The van der Waals surface area contributed by atoms with Crippen LogP contribution in [0.4, 0.5) is 19.1 Å². The lowest BCUT2D eigenvalue weighted by Crippen LogP contribution is -2.29. The number of rotatable bonds is 6. The van der Waals surface area contributed by atoms with Gasteiger partial charge >= 0.3 is 6.18 Å². The van der Waals surface area contributed by atoms with Crippen molar-refractivity contribution in [2.45, 2.75) is 37.9 Å². The number of anilines is 1. The number of aromatic nitrogens is 4. The highest BCUT2D eigenvalue weighted by atomic mass is 19.4. The van der Waals surface area contributed by atoms with E-state index in [4.69, 9.17) is 4.98 Å². The first-order valence-corrected chi connectivity index (χ1v) is 12.7. The van der Waals surface area contributed by atoms with Gasteiger partial charge < -0.3 is 10.2 Å². The van der Waals surface area contributed by atoms with Crippen LogP contribution in [0.5, 0.6) is 0 Å². The zero-order valence-electron chi connectivity index (χ0n) is 21.3. The number of halogens is 3. The molecule has 1 fully saturated rings. The van der Waals surface area contributed by atoms with E-state index in [9.17, 15) is 13.2 Å². The Morgan fingerprint density at radius 3 is 2.45 bits per heavy atom. The average molecular weight is 519 g/mol. The average Bonchev–Trinajstić information content (AvgIpc) is 2.93. The monoisotopic (exact) mass is 518 g/mol. The molecular formula is C29H29F3N6. The van der Waals surface area contributed by atoms with Gasteiger partial charge in [-0.25, -0.2) is 9.97 Å². The second-order valence-corrected chi connectivity index (χ2v) is 9.73. The van der Waals surface area contributed by atoms with E-state index >= 15 is 0 Å². The Bertz CT molecular complexity index is 1380. The third-order valence-corrected chi connectivity index (χ3v) is 6.99. The van der Waals surface area contributed by atoms with Crippen LogP contribution in [0.2, 0.25) is 0 Å². The second-order valence-electron chi connectivity index (χ2n) is 9.73. The highest BCUT2D eigenvalue weighted by Gasteiger charge is 2.31. The Kier molecular flexibility index (Phi) is 7.37. The summed E-state index contributed by atoms with van der Waals surface area (Å²) >= 11 is 0. The van der Waals surface area contributed by atoms with E-state index < -0.39 is 11.7 Å². The van der Waals surface area contributed by atoms with Crippen molar-refractivity contribution in [1.29, 1.82) is 0 Å². The van der Waals surface area contributed by atoms with Crippen LogP contribution >= 0.6 is 0 Å². The molecule has 1 atom stereocenters. The summed E-state index contributed by atoms with van der Waals surface area (Å²) in [4.78, 5) is 11.4. The van der Waals surface area contributed by atoms with E-state index in [0.29, 0.717) is 28.5 Å². The van der Waals surface area contributed by atoms with Crippen LogP contribution in [0.15, 0.2) is 72.9 Å². The van der Waals surface area contributed by atoms with Crippen molar-refractivity contribution in [2.24, 2.45) is 0 Å².